The predicted octanol–water partition coefficient (Wildman–Crippen LogP) is 1.65. The van der Waals surface area contributed by atoms with Crippen molar-refractivity contribution in [1.82, 2.24) is 4.90 Å². The van der Waals surface area contributed by atoms with Crippen LogP contribution in [0.2, 0.25) is 5.02 Å². The van der Waals surface area contributed by atoms with Crippen LogP contribution < -0.4 is 10.2 Å². The minimum absolute atomic E-state index is 0.0630. The molecule has 8 nitrogen and oxygen atoms in total. The molecular weight excluding hydrogens is 374 g/mol. The molecular formula is C18H22ClN3O5. The summed E-state index contributed by atoms with van der Waals surface area (Å²) in [5, 5.41) is 3.30. The van der Waals surface area contributed by atoms with Crippen molar-refractivity contribution in [3.05, 3.63) is 35.0 Å². The molecule has 1 aliphatic heterocycles. The van der Waals surface area contributed by atoms with Crippen molar-refractivity contribution in [2.45, 2.75) is 6.92 Å². The van der Waals surface area contributed by atoms with Gasteiger partial charge in [-0.1, -0.05) is 11.6 Å². The molecule has 0 saturated carbocycles. The number of nitrogens with one attached hydrogen (secondary N) is 1. The Bertz CT molecular complexity index is 757. The average molecular weight is 396 g/mol. The second-order valence-electron chi connectivity index (χ2n) is 5.86. The fourth-order valence-electron chi connectivity index (χ4n) is 2.69. The van der Waals surface area contributed by atoms with Crippen LogP contribution in [-0.4, -0.2) is 63.1 Å². The maximum absolute atomic E-state index is 11.8. The van der Waals surface area contributed by atoms with Gasteiger partial charge in [0.25, 0.3) is 0 Å². The standard InChI is InChI=1S/C18H22ClN3O5/c1-12(23)21-6-8-22(9-7-21)16-5-4-13(10-14(16)19)20-15(18(25)27-3)11-17(24)26-2/h4-5,10-11,20H,6-9H2,1-3H3/b15-11+. The fourth-order valence-corrected chi connectivity index (χ4v) is 2.99. The summed E-state index contributed by atoms with van der Waals surface area (Å²) < 4.78 is 9.19. The summed E-state index contributed by atoms with van der Waals surface area (Å²) in [6.45, 7) is 4.20. The monoisotopic (exact) mass is 395 g/mol. The largest absolute Gasteiger partial charge is 0.466 e. The molecule has 0 atom stereocenters. The number of benzene rings is 1. The summed E-state index contributed by atoms with van der Waals surface area (Å²) in [6.07, 6.45) is 1.01. The summed E-state index contributed by atoms with van der Waals surface area (Å²) >= 11 is 6.40. The molecule has 1 heterocycles. The van der Waals surface area contributed by atoms with E-state index in [4.69, 9.17) is 11.6 Å². The highest BCUT2D eigenvalue weighted by atomic mass is 35.5. The second-order valence-corrected chi connectivity index (χ2v) is 6.26. The Balaban J connectivity index is 2.14. The Morgan fingerprint density at radius 1 is 1.11 bits per heavy atom. The van der Waals surface area contributed by atoms with Crippen LogP contribution in [0.5, 0.6) is 0 Å². The Kier molecular flexibility index (Phi) is 7.06. The Labute approximate surface area is 162 Å². The molecule has 27 heavy (non-hydrogen) atoms. The van der Waals surface area contributed by atoms with E-state index in [2.05, 4.69) is 19.7 Å². The number of rotatable bonds is 5. The molecule has 1 aliphatic rings. The first kappa shape index (κ1) is 20.6. The van der Waals surface area contributed by atoms with Crippen molar-refractivity contribution in [3.63, 3.8) is 0 Å². The van der Waals surface area contributed by atoms with E-state index in [0.717, 1.165) is 11.8 Å². The van der Waals surface area contributed by atoms with Gasteiger partial charge in [-0.3, -0.25) is 4.79 Å². The van der Waals surface area contributed by atoms with Gasteiger partial charge >= 0.3 is 11.9 Å². The average Bonchev–Trinajstić information content (AvgIpc) is 2.66. The molecule has 0 bridgehead atoms. The highest BCUT2D eigenvalue weighted by Gasteiger charge is 2.21. The van der Waals surface area contributed by atoms with Gasteiger partial charge in [-0.15, -0.1) is 0 Å². The zero-order valence-corrected chi connectivity index (χ0v) is 16.2. The van der Waals surface area contributed by atoms with Gasteiger partial charge in [0.1, 0.15) is 5.70 Å². The normalized spacial score (nSPS) is 14.6. The van der Waals surface area contributed by atoms with Crippen LogP contribution in [-0.2, 0) is 23.9 Å². The second kappa shape index (κ2) is 9.27. The first-order chi connectivity index (χ1) is 12.8. The highest BCUT2D eigenvalue weighted by molar-refractivity contribution is 6.33. The lowest BCUT2D eigenvalue weighted by atomic mass is 10.2. The molecule has 146 valence electrons. The van der Waals surface area contributed by atoms with Crippen molar-refractivity contribution in [2.24, 2.45) is 0 Å². The lowest BCUT2D eigenvalue weighted by Crippen LogP contribution is -2.48. The summed E-state index contributed by atoms with van der Waals surface area (Å²) in [5.41, 5.74) is 1.29. The molecule has 1 aromatic carbocycles. The van der Waals surface area contributed by atoms with Crippen molar-refractivity contribution < 1.29 is 23.9 Å². The van der Waals surface area contributed by atoms with E-state index < -0.39 is 11.9 Å². The van der Waals surface area contributed by atoms with E-state index in [1.807, 2.05) is 6.07 Å². The smallest absolute Gasteiger partial charge is 0.354 e. The SMILES string of the molecule is COC(=O)/C=C(/Nc1ccc(N2CCN(C(C)=O)CC2)c(Cl)c1)C(=O)OC. The quantitative estimate of drug-likeness (QED) is 0.599. The van der Waals surface area contributed by atoms with Gasteiger partial charge in [-0.05, 0) is 18.2 Å². The third kappa shape index (κ3) is 5.37. The van der Waals surface area contributed by atoms with E-state index in [0.29, 0.717) is 36.9 Å². The topological polar surface area (TPSA) is 88.2 Å². The van der Waals surface area contributed by atoms with Crippen molar-refractivity contribution >= 4 is 40.8 Å². The van der Waals surface area contributed by atoms with E-state index >= 15 is 0 Å². The molecule has 1 saturated heterocycles. The van der Waals surface area contributed by atoms with Gasteiger partial charge in [-0.25, -0.2) is 9.59 Å². The Morgan fingerprint density at radius 3 is 2.30 bits per heavy atom. The molecule has 0 aliphatic carbocycles. The number of halogens is 1. The van der Waals surface area contributed by atoms with Gasteiger partial charge in [0.2, 0.25) is 5.91 Å². The number of hydrogen-bond donors (Lipinski definition) is 1. The molecule has 1 amide bonds. The lowest BCUT2D eigenvalue weighted by Gasteiger charge is -2.36. The van der Waals surface area contributed by atoms with Crippen LogP contribution in [0.25, 0.3) is 0 Å². The Hall–Kier alpha value is -2.74. The number of anilines is 2. The fraction of sp³-hybridized carbons (Fsp3) is 0.389. The van der Waals surface area contributed by atoms with Gasteiger partial charge in [0.15, 0.2) is 0 Å². The van der Waals surface area contributed by atoms with Crippen molar-refractivity contribution in [2.75, 3.05) is 50.6 Å². The van der Waals surface area contributed by atoms with Crippen LogP contribution in [0.3, 0.4) is 0 Å². The lowest BCUT2D eigenvalue weighted by molar-refractivity contribution is -0.138. The number of piperazine rings is 1. The van der Waals surface area contributed by atoms with Crippen LogP contribution in [0.1, 0.15) is 6.92 Å². The number of carbonyl (C=O) groups excluding carboxylic acids is 3. The van der Waals surface area contributed by atoms with Crippen LogP contribution in [0.15, 0.2) is 30.0 Å². The third-order valence-corrected chi connectivity index (χ3v) is 4.46. The summed E-state index contributed by atoms with van der Waals surface area (Å²) in [5.74, 6) is -1.33. The molecule has 0 unspecified atom stereocenters. The Morgan fingerprint density at radius 2 is 1.78 bits per heavy atom. The molecule has 0 radical (unpaired) electrons. The van der Waals surface area contributed by atoms with E-state index in [9.17, 15) is 14.4 Å². The van der Waals surface area contributed by atoms with Gasteiger partial charge in [-0.2, -0.15) is 0 Å². The van der Waals surface area contributed by atoms with E-state index in [-0.39, 0.29) is 11.6 Å². The van der Waals surface area contributed by atoms with Gasteiger partial charge < -0.3 is 24.6 Å². The summed E-state index contributed by atoms with van der Waals surface area (Å²) in [6, 6.07) is 5.22. The number of esters is 2. The number of amides is 1. The van der Waals surface area contributed by atoms with Gasteiger partial charge in [0.05, 0.1) is 31.0 Å². The maximum Gasteiger partial charge on any atom is 0.354 e. The predicted molar refractivity (Wildman–Crippen MR) is 102 cm³/mol. The van der Waals surface area contributed by atoms with Crippen LogP contribution in [0, 0.1) is 0 Å². The number of ether oxygens (including phenoxy) is 2. The van der Waals surface area contributed by atoms with E-state index in [1.54, 1.807) is 24.0 Å². The van der Waals surface area contributed by atoms with Crippen LogP contribution in [0.4, 0.5) is 11.4 Å². The number of nitrogens with zero attached hydrogens (tertiary/aromatic N) is 2. The first-order valence-corrected chi connectivity index (χ1v) is 8.68. The first-order valence-electron chi connectivity index (χ1n) is 8.30. The minimum Gasteiger partial charge on any atom is -0.466 e. The van der Waals surface area contributed by atoms with Crippen molar-refractivity contribution in [3.8, 4) is 0 Å². The van der Waals surface area contributed by atoms with Crippen LogP contribution >= 0.6 is 11.6 Å². The van der Waals surface area contributed by atoms with Crippen molar-refractivity contribution in [1.29, 1.82) is 0 Å². The third-order valence-electron chi connectivity index (χ3n) is 4.16. The molecule has 9 heteroatoms. The minimum atomic E-state index is -0.707. The molecule has 1 fully saturated rings. The molecule has 1 N–H and O–H groups in total. The number of hydrogen-bond acceptors (Lipinski definition) is 7. The number of methoxy groups -OCH3 is 2. The zero-order valence-electron chi connectivity index (χ0n) is 15.5. The maximum atomic E-state index is 11.8. The zero-order chi connectivity index (χ0) is 20.0. The molecule has 0 spiro atoms. The van der Waals surface area contributed by atoms with Gasteiger partial charge in [0, 0.05) is 38.8 Å². The summed E-state index contributed by atoms with van der Waals surface area (Å²) in [4.78, 5) is 38.6. The summed E-state index contributed by atoms with van der Waals surface area (Å²) in [7, 11) is 2.43. The van der Waals surface area contributed by atoms with E-state index in [1.165, 1.54) is 14.2 Å². The molecule has 1 aromatic rings. The number of carbonyl (C=O) groups is 3. The molecule has 2 rings (SSSR count). The highest BCUT2D eigenvalue weighted by Crippen LogP contribution is 2.30. The molecule has 0 aromatic heterocycles.